The highest BCUT2D eigenvalue weighted by Gasteiger charge is 2.20. The summed E-state index contributed by atoms with van der Waals surface area (Å²) in [5.41, 5.74) is 2.66. The number of carbonyl (C=O) groups is 2. The lowest BCUT2D eigenvalue weighted by Gasteiger charge is -2.13. The van der Waals surface area contributed by atoms with E-state index < -0.39 is 0 Å². The molecule has 0 saturated heterocycles. The molecule has 6 nitrogen and oxygen atoms in total. The van der Waals surface area contributed by atoms with Gasteiger partial charge in [0.15, 0.2) is 0 Å². The van der Waals surface area contributed by atoms with Crippen LogP contribution < -0.4 is 10.6 Å². The summed E-state index contributed by atoms with van der Waals surface area (Å²) in [6, 6.07) is 14.5. The molecule has 156 valence electrons. The summed E-state index contributed by atoms with van der Waals surface area (Å²) in [5, 5.41) is 10.6. The number of halogens is 2. The normalized spacial score (nSPS) is 10.8. The number of aromatic nitrogens is 2. The van der Waals surface area contributed by atoms with Crippen LogP contribution in [0.4, 0.5) is 0 Å². The molecular weight excluding hydrogens is 468 g/mol. The van der Waals surface area contributed by atoms with Crippen LogP contribution in [-0.2, 0) is 0 Å². The molecule has 2 N–H and O–H groups in total. The van der Waals surface area contributed by atoms with Gasteiger partial charge in [0.1, 0.15) is 0 Å². The van der Waals surface area contributed by atoms with Gasteiger partial charge in [0.05, 0.1) is 23.1 Å². The van der Waals surface area contributed by atoms with E-state index in [0.29, 0.717) is 29.2 Å². The molecule has 0 aliphatic heterocycles. The summed E-state index contributed by atoms with van der Waals surface area (Å²) in [4.78, 5) is 24.9. The number of hydrogen-bond donors (Lipinski definition) is 2. The predicted octanol–water partition coefficient (Wildman–Crippen LogP) is 4.57. The van der Waals surface area contributed by atoms with Crippen LogP contribution >= 0.6 is 27.5 Å². The van der Waals surface area contributed by atoms with Gasteiger partial charge >= 0.3 is 0 Å². The molecule has 0 saturated carbocycles. The van der Waals surface area contributed by atoms with Crippen LogP contribution in [0.25, 0.3) is 5.69 Å². The first-order valence-corrected chi connectivity index (χ1v) is 10.7. The second-order valence-electron chi connectivity index (χ2n) is 7.01. The number of benzene rings is 2. The van der Waals surface area contributed by atoms with E-state index in [2.05, 4.69) is 31.7 Å². The minimum atomic E-state index is -0.233. The summed E-state index contributed by atoms with van der Waals surface area (Å²) in [5.74, 6) is -0.352. The van der Waals surface area contributed by atoms with Crippen LogP contribution in [0.15, 0.2) is 59.2 Å². The lowest BCUT2D eigenvalue weighted by atomic mass is 10.1. The minimum absolute atomic E-state index is 0.0726. The minimum Gasteiger partial charge on any atom is -0.350 e. The summed E-state index contributed by atoms with van der Waals surface area (Å²) < 4.78 is 2.57. The molecule has 3 aromatic rings. The Morgan fingerprint density at radius 2 is 1.77 bits per heavy atom. The third kappa shape index (κ3) is 5.29. The maximum Gasteiger partial charge on any atom is 0.254 e. The third-order valence-corrected chi connectivity index (χ3v) is 5.16. The zero-order valence-electron chi connectivity index (χ0n) is 16.7. The molecule has 3 rings (SSSR count). The van der Waals surface area contributed by atoms with Crippen LogP contribution in [0.3, 0.4) is 0 Å². The molecule has 0 unspecified atom stereocenters. The smallest absolute Gasteiger partial charge is 0.254 e. The average molecular weight is 490 g/mol. The van der Waals surface area contributed by atoms with Crippen LogP contribution in [-0.4, -0.2) is 34.7 Å². The van der Waals surface area contributed by atoms with Gasteiger partial charge in [0.25, 0.3) is 11.8 Å². The zero-order chi connectivity index (χ0) is 21.7. The monoisotopic (exact) mass is 488 g/mol. The number of rotatable bonds is 7. The summed E-state index contributed by atoms with van der Waals surface area (Å²) in [6.07, 6.45) is 1.56. The lowest BCUT2D eigenvalue weighted by molar-refractivity contribution is 0.0927. The number of carbonyl (C=O) groups excluding carboxylic acids is 2. The summed E-state index contributed by atoms with van der Waals surface area (Å²) >= 11 is 9.45. The van der Waals surface area contributed by atoms with E-state index in [1.54, 1.807) is 41.2 Å². The number of amides is 2. The molecule has 0 bridgehead atoms. The van der Waals surface area contributed by atoms with Gasteiger partial charge in [-0.1, -0.05) is 53.5 Å². The van der Waals surface area contributed by atoms with Crippen LogP contribution in [0.2, 0.25) is 5.02 Å². The Kier molecular flexibility index (Phi) is 7.29. The Labute approximate surface area is 188 Å². The van der Waals surface area contributed by atoms with Crippen molar-refractivity contribution in [2.75, 3.05) is 13.1 Å². The van der Waals surface area contributed by atoms with E-state index in [4.69, 9.17) is 11.6 Å². The quantitative estimate of drug-likeness (QED) is 0.477. The molecule has 1 heterocycles. The first kappa shape index (κ1) is 22.1. The molecule has 2 amide bonds. The van der Waals surface area contributed by atoms with E-state index in [1.165, 1.54) is 0 Å². The van der Waals surface area contributed by atoms with Crippen molar-refractivity contribution in [3.63, 3.8) is 0 Å². The summed E-state index contributed by atoms with van der Waals surface area (Å²) in [7, 11) is 0. The van der Waals surface area contributed by atoms with Crippen molar-refractivity contribution >= 4 is 39.3 Å². The van der Waals surface area contributed by atoms with Gasteiger partial charge in [-0.3, -0.25) is 9.59 Å². The Morgan fingerprint density at radius 1 is 1.07 bits per heavy atom. The van der Waals surface area contributed by atoms with Crippen LogP contribution in [0, 0.1) is 0 Å². The fourth-order valence-electron chi connectivity index (χ4n) is 3.08. The van der Waals surface area contributed by atoms with Gasteiger partial charge in [-0.05, 0) is 42.3 Å². The van der Waals surface area contributed by atoms with Gasteiger partial charge in [-0.25, -0.2) is 4.68 Å². The van der Waals surface area contributed by atoms with E-state index >= 15 is 0 Å². The first-order chi connectivity index (χ1) is 14.4. The predicted molar refractivity (Wildman–Crippen MR) is 121 cm³/mol. The van der Waals surface area contributed by atoms with Gasteiger partial charge in [-0.2, -0.15) is 5.10 Å². The van der Waals surface area contributed by atoms with Crippen LogP contribution in [0.1, 0.15) is 46.2 Å². The highest BCUT2D eigenvalue weighted by Crippen LogP contribution is 2.24. The molecule has 0 aliphatic carbocycles. The van der Waals surface area contributed by atoms with Crippen molar-refractivity contribution in [2.24, 2.45) is 0 Å². The molecular formula is C22H22BrClN4O2. The van der Waals surface area contributed by atoms with Gasteiger partial charge in [0.2, 0.25) is 0 Å². The topological polar surface area (TPSA) is 76.0 Å². The Morgan fingerprint density at radius 3 is 2.43 bits per heavy atom. The van der Waals surface area contributed by atoms with Crippen molar-refractivity contribution in [2.45, 2.75) is 19.8 Å². The largest absolute Gasteiger partial charge is 0.350 e. The van der Waals surface area contributed by atoms with Crippen LogP contribution in [0.5, 0.6) is 0 Å². The van der Waals surface area contributed by atoms with Crippen molar-refractivity contribution in [1.29, 1.82) is 0 Å². The molecule has 0 spiro atoms. The highest BCUT2D eigenvalue weighted by atomic mass is 79.9. The lowest BCUT2D eigenvalue weighted by Crippen LogP contribution is -2.35. The standard InChI is InChI=1S/C22H22BrClN4O2/c1-14(2)20-19(13-27-28(20)18-8-4-7-17(24)12-18)22(30)26-10-9-25-21(29)15-5-3-6-16(23)11-15/h3-8,11-14H,9-10H2,1-2H3,(H,25,29)(H,26,30). The number of nitrogens with zero attached hydrogens (tertiary/aromatic N) is 2. The van der Waals surface area contributed by atoms with Gasteiger partial charge in [-0.15, -0.1) is 0 Å². The highest BCUT2D eigenvalue weighted by molar-refractivity contribution is 9.10. The molecule has 0 radical (unpaired) electrons. The number of nitrogens with one attached hydrogen (secondary N) is 2. The second-order valence-corrected chi connectivity index (χ2v) is 8.36. The Bertz CT molecular complexity index is 1060. The van der Waals surface area contributed by atoms with Gasteiger partial charge < -0.3 is 10.6 Å². The molecule has 0 fully saturated rings. The van der Waals surface area contributed by atoms with E-state index in [1.807, 2.05) is 32.0 Å². The van der Waals surface area contributed by atoms with Crippen molar-refractivity contribution in [3.05, 3.63) is 81.0 Å². The number of hydrogen-bond acceptors (Lipinski definition) is 3. The molecule has 0 atom stereocenters. The van der Waals surface area contributed by atoms with Gasteiger partial charge in [0, 0.05) is 28.1 Å². The summed E-state index contributed by atoms with van der Waals surface area (Å²) in [6.45, 7) is 4.63. The maximum atomic E-state index is 12.7. The molecule has 30 heavy (non-hydrogen) atoms. The fraction of sp³-hybridized carbons (Fsp3) is 0.227. The maximum absolute atomic E-state index is 12.7. The molecule has 8 heteroatoms. The van der Waals surface area contributed by atoms with E-state index in [0.717, 1.165) is 15.9 Å². The Balaban J connectivity index is 1.63. The fourth-order valence-corrected chi connectivity index (χ4v) is 3.66. The van der Waals surface area contributed by atoms with Crippen molar-refractivity contribution in [3.8, 4) is 5.69 Å². The average Bonchev–Trinajstić information content (AvgIpc) is 3.16. The first-order valence-electron chi connectivity index (χ1n) is 9.52. The SMILES string of the molecule is CC(C)c1c(C(=O)NCCNC(=O)c2cccc(Br)c2)cnn1-c1cccc(Cl)c1. The molecule has 1 aromatic heterocycles. The second kappa shape index (κ2) is 9.91. The Hall–Kier alpha value is -2.64. The van der Waals surface area contributed by atoms with E-state index in [-0.39, 0.29) is 17.7 Å². The van der Waals surface area contributed by atoms with E-state index in [9.17, 15) is 9.59 Å². The zero-order valence-corrected chi connectivity index (χ0v) is 19.0. The molecule has 2 aromatic carbocycles. The molecule has 0 aliphatic rings. The third-order valence-electron chi connectivity index (χ3n) is 4.43. The van der Waals surface area contributed by atoms with Crippen molar-refractivity contribution in [1.82, 2.24) is 20.4 Å². The van der Waals surface area contributed by atoms with Crippen molar-refractivity contribution < 1.29 is 9.59 Å².